The van der Waals surface area contributed by atoms with Crippen molar-refractivity contribution < 1.29 is 0 Å². The molecule has 0 amide bonds. The Labute approximate surface area is 144 Å². The standard InChI is InChI=1S/C18H27ClN4/c1-2-23-11-5-6-14(23)12-21-17(20)22-13-18(9-10-18)15-7-3-4-8-16(15)19/h3-4,7-8,14H,2,5-6,9-13H2,1H3,(H3,20,21,22). The van der Waals surface area contributed by atoms with Gasteiger partial charge in [0.2, 0.25) is 0 Å². The van der Waals surface area contributed by atoms with Gasteiger partial charge in [-0.3, -0.25) is 9.89 Å². The Hall–Kier alpha value is -1.26. The van der Waals surface area contributed by atoms with Crippen LogP contribution >= 0.6 is 11.6 Å². The van der Waals surface area contributed by atoms with E-state index in [9.17, 15) is 0 Å². The second-order valence-corrected chi connectivity index (χ2v) is 7.17. The van der Waals surface area contributed by atoms with Gasteiger partial charge in [0.05, 0.1) is 6.54 Å². The van der Waals surface area contributed by atoms with Crippen molar-refractivity contribution in [2.75, 3.05) is 26.2 Å². The highest BCUT2D eigenvalue weighted by Crippen LogP contribution is 2.50. The van der Waals surface area contributed by atoms with E-state index < -0.39 is 0 Å². The lowest BCUT2D eigenvalue weighted by molar-refractivity contribution is 0.267. The van der Waals surface area contributed by atoms with E-state index in [2.05, 4.69) is 28.2 Å². The van der Waals surface area contributed by atoms with Crippen LogP contribution in [-0.2, 0) is 5.41 Å². The summed E-state index contributed by atoms with van der Waals surface area (Å²) in [4.78, 5) is 7.10. The van der Waals surface area contributed by atoms with Gasteiger partial charge < -0.3 is 11.1 Å². The molecule has 4 nitrogen and oxygen atoms in total. The van der Waals surface area contributed by atoms with Gasteiger partial charge in [0.1, 0.15) is 0 Å². The maximum Gasteiger partial charge on any atom is 0.188 e. The maximum absolute atomic E-state index is 6.34. The molecular weight excluding hydrogens is 308 g/mol. The number of rotatable bonds is 6. The predicted molar refractivity (Wildman–Crippen MR) is 97.1 cm³/mol. The van der Waals surface area contributed by atoms with Crippen molar-refractivity contribution in [2.24, 2.45) is 10.7 Å². The van der Waals surface area contributed by atoms with E-state index in [0.29, 0.717) is 12.0 Å². The lowest BCUT2D eigenvalue weighted by Gasteiger charge is -2.23. The Morgan fingerprint density at radius 3 is 2.91 bits per heavy atom. The molecule has 1 atom stereocenters. The second kappa shape index (κ2) is 7.10. The molecule has 126 valence electrons. The number of hydrogen-bond donors (Lipinski definition) is 2. The highest BCUT2D eigenvalue weighted by Gasteiger charge is 2.45. The van der Waals surface area contributed by atoms with Gasteiger partial charge in [0.25, 0.3) is 0 Å². The molecule has 1 aliphatic heterocycles. The smallest absolute Gasteiger partial charge is 0.188 e. The molecule has 1 unspecified atom stereocenters. The third-order valence-corrected chi connectivity index (χ3v) is 5.60. The van der Waals surface area contributed by atoms with Gasteiger partial charge in [-0.2, -0.15) is 0 Å². The maximum atomic E-state index is 6.34. The molecule has 1 aromatic carbocycles. The third-order valence-electron chi connectivity index (χ3n) is 5.27. The molecule has 2 fully saturated rings. The molecular formula is C18H27ClN4. The first-order valence-corrected chi connectivity index (χ1v) is 9.05. The van der Waals surface area contributed by atoms with E-state index in [4.69, 9.17) is 17.3 Å². The number of nitrogens with zero attached hydrogens (tertiary/aromatic N) is 2. The SMILES string of the molecule is CCN1CCCC1CNC(N)=NCC1(c2ccccc2Cl)CC1. The summed E-state index contributed by atoms with van der Waals surface area (Å²) in [7, 11) is 0. The minimum Gasteiger partial charge on any atom is -0.370 e. The molecule has 1 saturated carbocycles. The Morgan fingerprint density at radius 2 is 2.22 bits per heavy atom. The first kappa shape index (κ1) is 16.6. The normalized spacial score (nSPS) is 23.9. The fourth-order valence-corrected chi connectivity index (χ4v) is 3.95. The number of hydrogen-bond acceptors (Lipinski definition) is 2. The molecule has 0 bridgehead atoms. The number of nitrogens with two attached hydrogens (primary N) is 1. The number of guanidine groups is 1. The minimum absolute atomic E-state index is 0.105. The van der Waals surface area contributed by atoms with Gasteiger partial charge in [0.15, 0.2) is 5.96 Å². The number of nitrogens with one attached hydrogen (secondary N) is 1. The fourth-order valence-electron chi connectivity index (χ4n) is 3.61. The fraction of sp³-hybridized carbons (Fsp3) is 0.611. The van der Waals surface area contributed by atoms with Crippen molar-refractivity contribution in [3.63, 3.8) is 0 Å². The summed E-state index contributed by atoms with van der Waals surface area (Å²) in [5, 5.41) is 4.15. The van der Waals surface area contributed by atoms with Gasteiger partial charge in [-0.25, -0.2) is 0 Å². The van der Waals surface area contributed by atoms with Crippen molar-refractivity contribution in [3.8, 4) is 0 Å². The van der Waals surface area contributed by atoms with E-state index in [1.165, 1.54) is 24.9 Å². The monoisotopic (exact) mass is 334 g/mol. The summed E-state index contributed by atoms with van der Waals surface area (Å²) in [6.45, 7) is 6.14. The largest absolute Gasteiger partial charge is 0.370 e. The lowest BCUT2D eigenvalue weighted by atomic mass is 9.96. The number of likely N-dealkylation sites (tertiary alicyclic amines) is 1. The first-order chi connectivity index (χ1) is 11.1. The van der Waals surface area contributed by atoms with Crippen LogP contribution in [-0.4, -0.2) is 43.1 Å². The number of benzene rings is 1. The second-order valence-electron chi connectivity index (χ2n) is 6.77. The van der Waals surface area contributed by atoms with Crippen molar-refractivity contribution >= 4 is 17.6 Å². The van der Waals surface area contributed by atoms with Crippen molar-refractivity contribution in [3.05, 3.63) is 34.9 Å². The summed E-state index contributed by atoms with van der Waals surface area (Å²) in [5.41, 5.74) is 7.40. The van der Waals surface area contributed by atoms with Gasteiger partial charge in [-0.05, 0) is 50.4 Å². The molecule has 0 spiro atoms. The van der Waals surface area contributed by atoms with Crippen molar-refractivity contribution in [1.82, 2.24) is 10.2 Å². The number of aliphatic imine (C=N–C) groups is 1. The Bertz CT molecular complexity index is 568. The van der Waals surface area contributed by atoms with Gasteiger partial charge in [-0.15, -0.1) is 0 Å². The van der Waals surface area contributed by atoms with Crippen molar-refractivity contribution in [1.29, 1.82) is 0 Å². The minimum atomic E-state index is 0.105. The molecule has 1 heterocycles. The summed E-state index contributed by atoms with van der Waals surface area (Å²) < 4.78 is 0. The number of halogens is 1. The van der Waals surface area contributed by atoms with Crippen LogP contribution in [0.5, 0.6) is 0 Å². The van der Waals surface area contributed by atoms with Crippen LogP contribution in [0.2, 0.25) is 5.02 Å². The molecule has 3 rings (SSSR count). The zero-order valence-electron chi connectivity index (χ0n) is 13.9. The predicted octanol–water partition coefficient (Wildman–Crippen LogP) is 2.76. The first-order valence-electron chi connectivity index (χ1n) is 8.67. The highest BCUT2D eigenvalue weighted by atomic mass is 35.5. The van der Waals surface area contributed by atoms with Crippen LogP contribution in [0.1, 0.15) is 38.2 Å². The average Bonchev–Trinajstić information content (AvgIpc) is 3.21. The third kappa shape index (κ3) is 3.81. The van der Waals surface area contributed by atoms with E-state index in [1.54, 1.807) is 0 Å². The van der Waals surface area contributed by atoms with E-state index in [1.807, 2.05) is 18.2 Å². The lowest BCUT2D eigenvalue weighted by Crippen LogP contribution is -2.43. The van der Waals surface area contributed by atoms with Gasteiger partial charge in [0, 0.05) is 23.0 Å². The molecule has 0 radical (unpaired) electrons. The summed E-state index contributed by atoms with van der Waals surface area (Å²) in [6.07, 6.45) is 4.81. The zero-order chi connectivity index (χ0) is 16.3. The van der Waals surface area contributed by atoms with Crippen molar-refractivity contribution in [2.45, 2.75) is 44.1 Å². The average molecular weight is 335 g/mol. The van der Waals surface area contributed by atoms with Crippen LogP contribution in [0, 0.1) is 0 Å². The van der Waals surface area contributed by atoms with E-state index >= 15 is 0 Å². The van der Waals surface area contributed by atoms with E-state index in [0.717, 1.165) is 37.5 Å². The molecule has 0 aromatic heterocycles. The Morgan fingerprint density at radius 1 is 1.43 bits per heavy atom. The molecule has 1 saturated heterocycles. The topological polar surface area (TPSA) is 53.6 Å². The number of likely N-dealkylation sites (N-methyl/N-ethyl adjacent to an activating group) is 1. The molecule has 23 heavy (non-hydrogen) atoms. The Kier molecular flexibility index (Phi) is 5.12. The summed E-state index contributed by atoms with van der Waals surface area (Å²) >= 11 is 6.34. The highest BCUT2D eigenvalue weighted by molar-refractivity contribution is 6.31. The molecule has 5 heteroatoms. The van der Waals surface area contributed by atoms with Crippen LogP contribution < -0.4 is 11.1 Å². The van der Waals surface area contributed by atoms with Crippen LogP contribution in [0.15, 0.2) is 29.3 Å². The quantitative estimate of drug-likeness (QED) is 0.621. The molecule has 3 N–H and O–H groups in total. The van der Waals surface area contributed by atoms with Gasteiger partial charge in [-0.1, -0.05) is 36.7 Å². The zero-order valence-corrected chi connectivity index (χ0v) is 14.6. The molecule has 1 aromatic rings. The van der Waals surface area contributed by atoms with E-state index in [-0.39, 0.29) is 5.41 Å². The van der Waals surface area contributed by atoms with Gasteiger partial charge >= 0.3 is 0 Å². The Balaban J connectivity index is 1.54. The molecule has 2 aliphatic rings. The molecule has 1 aliphatic carbocycles. The van der Waals surface area contributed by atoms with Crippen LogP contribution in [0.4, 0.5) is 0 Å². The summed E-state index contributed by atoms with van der Waals surface area (Å²) in [6, 6.07) is 8.69. The van der Waals surface area contributed by atoms with Crippen LogP contribution in [0.25, 0.3) is 0 Å². The summed E-state index contributed by atoms with van der Waals surface area (Å²) in [5.74, 6) is 0.561. The van der Waals surface area contributed by atoms with Crippen LogP contribution in [0.3, 0.4) is 0 Å².